The van der Waals surface area contributed by atoms with E-state index >= 15 is 0 Å². The molecule has 0 aromatic rings. The minimum absolute atomic E-state index is 0.0255. The summed E-state index contributed by atoms with van der Waals surface area (Å²) >= 11 is 0. The van der Waals surface area contributed by atoms with Crippen molar-refractivity contribution in [2.45, 2.75) is 72.5 Å². The Hall–Kier alpha value is -0.450. The van der Waals surface area contributed by atoms with Crippen molar-refractivity contribution in [3.63, 3.8) is 0 Å². The quantitative estimate of drug-likeness (QED) is 0.712. The van der Waals surface area contributed by atoms with Crippen LogP contribution >= 0.6 is 0 Å². The lowest BCUT2D eigenvalue weighted by molar-refractivity contribution is -0.120. The lowest BCUT2D eigenvalue weighted by Crippen LogP contribution is -2.21. The zero-order valence-electron chi connectivity index (χ0n) is 12.2. The molecule has 0 aromatic carbocycles. The van der Waals surface area contributed by atoms with Crippen molar-refractivity contribution in [3.8, 4) is 0 Å². The molecule has 0 amide bonds. The van der Waals surface area contributed by atoms with Gasteiger partial charge in [0.05, 0.1) is 5.60 Å². The Balaban J connectivity index is -0.000000188. The van der Waals surface area contributed by atoms with Crippen LogP contribution < -0.4 is 0 Å². The van der Waals surface area contributed by atoms with Crippen LogP contribution in [0.5, 0.6) is 0 Å². The third-order valence-electron chi connectivity index (χ3n) is 1.19. The first-order chi connectivity index (χ1) is 7.56. The Bertz CT molecular complexity index is 155. The molecule has 0 bridgehead atoms. The van der Waals surface area contributed by atoms with Crippen molar-refractivity contribution < 1.29 is 20.1 Å². The monoisotopic (exact) mass is 250 g/mol. The van der Waals surface area contributed by atoms with Crippen LogP contribution in [0.15, 0.2) is 0 Å². The molecule has 0 aliphatic rings. The molecule has 0 spiro atoms. The summed E-state index contributed by atoms with van der Waals surface area (Å²) in [6, 6.07) is 0. The van der Waals surface area contributed by atoms with Crippen molar-refractivity contribution in [1.82, 2.24) is 0 Å². The van der Waals surface area contributed by atoms with E-state index in [9.17, 15) is 4.79 Å². The first kappa shape index (κ1) is 21.8. The SMILES string of the molecule is CC(=O)CC(C)(C)O.CC(C)O.CCCCO. The summed E-state index contributed by atoms with van der Waals surface area (Å²) in [4.78, 5) is 10.3. The number of rotatable bonds is 4. The van der Waals surface area contributed by atoms with Gasteiger partial charge in [0.2, 0.25) is 0 Å². The van der Waals surface area contributed by atoms with E-state index in [1.165, 1.54) is 6.92 Å². The lowest BCUT2D eigenvalue weighted by atomic mass is 10.0. The van der Waals surface area contributed by atoms with E-state index in [2.05, 4.69) is 6.92 Å². The minimum atomic E-state index is -0.828. The Kier molecular flexibility index (Phi) is 17.5. The van der Waals surface area contributed by atoms with Gasteiger partial charge in [0.25, 0.3) is 0 Å². The standard InChI is InChI=1S/C6H12O2.C4H10O.C3H8O/c1-5(7)4-6(2,3)8;1-2-3-4-5;1-3(2)4/h8H,4H2,1-3H3;5H,2-4H2,1H3;3-4H,1-2H3. The van der Waals surface area contributed by atoms with Gasteiger partial charge in [0.1, 0.15) is 5.78 Å². The topological polar surface area (TPSA) is 77.8 Å². The van der Waals surface area contributed by atoms with Crippen LogP contribution in [0.3, 0.4) is 0 Å². The smallest absolute Gasteiger partial charge is 0.132 e. The number of Topliss-reactive ketones (excluding diaryl/α,β-unsaturated/α-hetero) is 1. The number of carbonyl (C=O) groups excluding carboxylic acids is 1. The van der Waals surface area contributed by atoms with E-state index in [4.69, 9.17) is 15.3 Å². The molecule has 0 aliphatic carbocycles. The number of aliphatic hydroxyl groups is 3. The maximum atomic E-state index is 10.3. The molecular formula is C13H30O4. The fraction of sp³-hybridized carbons (Fsp3) is 0.923. The molecule has 4 heteroatoms. The number of ketones is 1. The summed E-state index contributed by atoms with van der Waals surface area (Å²) in [5.41, 5.74) is -0.828. The van der Waals surface area contributed by atoms with Crippen molar-refractivity contribution in [1.29, 1.82) is 0 Å². The number of carbonyl (C=O) groups is 1. The number of hydrogen-bond acceptors (Lipinski definition) is 4. The molecule has 0 rings (SSSR count). The van der Waals surface area contributed by atoms with Gasteiger partial charge < -0.3 is 15.3 Å². The molecule has 0 saturated heterocycles. The zero-order chi connectivity index (χ0) is 14.5. The highest BCUT2D eigenvalue weighted by Crippen LogP contribution is 2.06. The summed E-state index contributed by atoms with van der Waals surface area (Å²) in [5, 5.41) is 25.1. The number of aliphatic hydroxyl groups excluding tert-OH is 2. The summed E-state index contributed by atoms with van der Waals surface area (Å²) in [7, 11) is 0. The van der Waals surface area contributed by atoms with E-state index < -0.39 is 5.60 Å². The Morgan fingerprint density at radius 1 is 1.29 bits per heavy atom. The van der Waals surface area contributed by atoms with E-state index in [0.717, 1.165) is 12.8 Å². The van der Waals surface area contributed by atoms with Crippen molar-refractivity contribution in [2.75, 3.05) is 6.61 Å². The summed E-state index contributed by atoms with van der Waals surface area (Å²) in [5.74, 6) is 0.0255. The van der Waals surface area contributed by atoms with Crippen molar-refractivity contribution in [2.24, 2.45) is 0 Å². The fourth-order valence-electron chi connectivity index (χ4n) is 0.767. The van der Waals surface area contributed by atoms with Crippen LogP contribution in [-0.4, -0.2) is 39.4 Å². The molecule has 0 saturated carbocycles. The van der Waals surface area contributed by atoms with Gasteiger partial charge in [-0.3, -0.25) is 4.79 Å². The van der Waals surface area contributed by atoms with Crippen LogP contribution in [0, 0.1) is 0 Å². The van der Waals surface area contributed by atoms with Crippen LogP contribution in [0.2, 0.25) is 0 Å². The summed E-state index contributed by atoms with van der Waals surface area (Å²) < 4.78 is 0. The first-order valence-corrected chi connectivity index (χ1v) is 6.07. The summed E-state index contributed by atoms with van der Waals surface area (Å²) in [6.45, 7) is 10.5. The van der Waals surface area contributed by atoms with Crippen LogP contribution in [-0.2, 0) is 4.79 Å². The van der Waals surface area contributed by atoms with Crippen LogP contribution in [0.25, 0.3) is 0 Å². The normalized spacial score (nSPS) is 10.0. The fourth-order valence-corrected chi connectivity index (χ4v) is 0.767. The van der Waals surface area contributed by atoms with Gasteiger partial charge in [-0.15, -0.1) is 0 Å². The molecule has 0 heterocycles. The van der Waals surface area contributed by atoms with E-state index in [1.807, 2.05) is 0 Å². The van der Waals surface area contributed by atoms with Crippen molar-refractivity contribution >= 4 is 5.78 Å². The van der Waals surface area contributed by atoms with Gasteiger partial charge in [0, 0.05) is 19.1 Å². The van der Waals surface area contributed by atoms with Crippen LogP contribution in [0.4, 0.5) is 0 Å². The average Bonchev–Trinajstić information content (AvgIpc) is 1.99. The highest BCUT2D eigenvalue weighted by atomic mass is 16.3. The second-order valence-electron chi connectivity index (χ2n) is 4.86. The van der Waals surface area contributed by atoms with Crippen molar-refractivity contribution in [3.05, 3.63) is 0 Å². The zero-order valence-corrected chi connectivity index (χ0v) is 12.2. The highest BCUT2D eigenvalue weighted by Gasteiger charge is 2.13. The molecule has 0 fully saturated rings. The second kappa shape index (κ2) is 13.6. The van der Waals surface area contributed by atoms with Crippen LogP contribution in [0.1, 0.15) is 60.8 Å². The molecule has 4 nitrogen and oxygen atoms in total. The van der Waals surface area contributed by atoms with E-state index in [1.54, 1.807) is 27.7 Å². The van der Waals surface area contributed by atoms with E-state index in [0.29, 0.717) is 6.61 Å². The molecule has 0 aromatic heterocycles. The number of hydrogen-bond donors (Lipinski definition) is 3. The maximum Gasteiger partial charge on any atom is 0.132 e. The third-order valence-corrected chi connectivity index (χ3v) is 1.19. The molecule has 0 radical (unpaired) electrons. The Morgan fingerprint density at radius 2 is 1.65 bits per heavy atom. The molecule has 0 atom stereocenters. The van der Waals surface area contributed by atoms with Gasteiger partial charge in [0.15, 0.2) is 0 Å². The molecule has 106 valence electrons. The van der Waals surface area contributed by atoms with E-state index in [-0.39, 0.29) is 18.3 Å². The predicted octanol–water partition coefficient (Wildman–Crippen LogP) is 1.90. The summed E-state index contributed by atoms with van der Waals surface area (Å²) in [6.07, 6.45) is 2.11. The lowest BCUT2D eigenvalue weighted by Gasteiger charge is -2.13. The molecule has 0 unspecified atom stereocenters. The molecule has 17 heavy (non-hydrogen) atoms. The molecular weight excluding hydrogens is 220 g/mol. The minimum Gasteiger partial charge on any atom is -0.396 e. The highest BCUT2D eigenvalue weighted by molar-refractivity contribution is 5.76. The van der Waals surface area contributed by atoms with Gasteiger partial charge in [-0.25, -0.2) is 0 Å². The van der Waals surface area contributed by atoms with Gasteiger partial charge in [-0.2, -0.15) is 0 Å². The second-order valence-corrected chi connectivity index (χ2v) is 4.86. The van der Waals surface area contributed by atoms with Gasteiger partial charge in [-0.05, 0) is 41.0 Å². The molecule has 3 N–H and O–H groups in total. The Morgan fingerprint density at radius 3 is 1.65 bits per heavy atom. The number of unbranched alkanes of at least 4 members (excludes halogenated alkanes) is 1. The predicted molar refractivity (Wildman–Crippen MR) is 70.9 cm³/mol. The first-order valence-electron chi connectivity index (χ1n) is 6.07. The van der Waals surface area contributed by atoms with Gasteiger partial charge >= 0.3 is 0 Å². The maximum absolute atomic E-state index is 10.3. The third kappa shape index (κ3) is 66.5. The average molecular weight is 250 g/mol. The Labute approximate surface area is 106 Å². The largest absolute Gasteiger partial charge is 0.396 e. The van der Waals surface area contributed by atoms with Gasteiger partial charge in [-0.1, -0.05) is 13.3 Å². The molecule has 0 aliphatic heterocycles.